The quantitative estimate of drug-likeness (QED) is 0.278. The van der Waals surface area contributed by atoms with Gasteiger partial charge < -0.3 is 9.47 Å². The number of benzene rings is 2. The SMILES string of the molecule is CC1(C)OCCC(S(=O)(=O)c2ccc(OCc3ccc(F)cc3Cl)cc2)C1C(=O)N(N)O. The van der Waals surface area contributed by atoms with E-state index in [0.29, 0.717) is 11.3 Å². The lowest BCUT2D eigenvalue weighted by atomic mass is 9.83. The number of hydrazine groups is 1. The molecule has 0 spiro atoms. The standard InChI is InChI=1S/C21H24ClFN2O6S/c1-21(2)19(20(26)25(24)27)18(9-10-31-21)32(28,29)16-7-5-15(6-8-16)30-12-13-3-4-14(23)11-17(13)22/h3-8,11,18-19,27H,9-10,12,24H2,1-2H3. The Bertz CT molecular complexity index is 1090. The Balaban J connectivity index is 1.81. The van der Waals surface area contributed by atoms with E-state index in [4.69, 9.17) is 26.9 Å². The summed E-state index contributed by atoms with van der Waals surface area (Å²) in [5.74, 6) is 2.97. The average molecular weight is 487 g/mol. The summed E-state index contributed by atoms with van der Waals surface area (Å²) in [6, 6.07) is 9.66. The molecule has 1 amide bonds. The fourth-order valence-electron chi connectivity index (χ4n) is 3.78. The average Bonchev–Trinajstić information content (AvgIpc) is 2.72. The fraction of sp³-hybridized carbons (Fsp3) is 0.381. The van der Waals surface area contributed by atoms with Gasteiger partial charge in [0.15, 0.2) is 9.84 Å². The minimum absolute atomic E-state index is 0.00771. The van der Waals surface area contributed by atoms with Crippen molar-refractivity contribution in [1.29, 1.82) is 0 Å². The van der Waals surface area contributed by atoms with E-state index >= 15 is 0 Å². The third-order valence-corrected chi connectivity index (χ3v) is 8.04. The number of halogens is 2. The van der Waals surface area contributed by atoms with E-state index in [-0.39, 0.29) is 34.7 Å². The van der Waals surface area contributed by atoms with Gasteiger partial charge in [0.2, 0.25) is 0 Å². The van der Waals surface area contributed by atoms with Gasteiger partial charge in [-0.3, -0.25) is 10.0 Å². The summed E-state index contributed by atoms with van der Waals surface area (Å²) in [5.41, 5.74) is -0.573. The lowest BCUT2D eigenvalue weighted by molar-refractivity contribution is -0.187. The first kappa shape index (κ1) is 24.4. The van der Waals surface area contributed by atoms with E-state index in [2.05, 4.69) is 0 Å². The second kappa shape index (κ2) is 9.32. The highest BCUT2D eigenvalue weighted by Crippen LogP contribution is 2.38. The van der Waals surface area contributed by atoms with Crippen LogP contribution in [0.5, 0.6) is 5.75 Å². The van der Waals surface area contributed by atoms with Gasteiger partial charge in [0, 0.05) is 12.2 Å². The van der Waals surface area contributed by atoms with Crippen molar-refractivity contribution in [3.63, 3.8) is 0 Å². The predicted octanol–water partition coefficient (Wildman–Crippen LogP) is 3.11. The van der Waals surface area contributed by atoms with Crippen molar-refractivity contribution >= 4 is 27.3 Å². The topological polar surface area (TPSA) is 119 Å². The third kappa shape index (κ3) is 5.05. The molecule has 3 N–H and O–H groups in total. The van der Waals surface area contributed by atoms with Gasteiger partial charge in [0.25, 0.3) is 5.91 Å². The number of carbonyl (C=O) groups is 1. The molecule has 0 radical (unpaired) electrons. The smallest absolute Gasteiger partial charge is 0.268 e. The Hall–Kier alpha value is -2.24. The Morgan fingerprint density at radius 3 is 2.56 bits per heavy atom. The summed E-state index contributed by atoms with van der Waals surface area (Å²) in [6.45, 7) is 3.37. The van der Waals surface area contributed by atoms with Crippen molar-refractivity contribution < 1.29 is 32.3 Å². The first-order valence-corrected chi connectivity index (χ1v) is 11.7. The number of hydrogen-bond donors (Lipinski definition) is 2. The van der Waals surface area contributed by atoms with Gasteiger partial charge in [0.05, 0.1) is 26.7 Å². The molecule has 1 aliphatic heterocycles. The molecule has 3 rings (SSSR count). The van der Waals surface area contributed by atoms with Crippen molar-refractivity contribution in [2.75, 3.05) is 6.61 Å². The van der Waals surface area contributed by atoms with Crippen molar-refractivity contribution in [3.05, 3.63) is 58.9 Å². The van der Waals surface area contributed by atoms with Crippen LogP contribution < -0.4 is 10.6 Å². The van der Waals surface area contributed by atoms with Crippen LogP contribution in [0.3, 0.4) is 0 Å². The molecule has 0 aromatic heterocycles. The lowest BCUT2D eigenvalue weighted by Gasteiger charge is -2.42. The molecule has 0 aliphatic carbocycles. The Morgan fingerprint density at radius 1 is 1.31 bits per heavy atom. The number of sulfone groups is 1. The zero-order valence-corrected chi connectivity index (χ0v) is 19.1. The van der Waals surface area contributed by atoms with E-state index in [1.54, 1.807) is 13.8 Å². The Morgan fingerprint density at radius 2 is 1.97 bits per heavy atom. The molecule has 0 bridgehead atoms. The molecule has 1 heterocycles. The molecule has 2 atom stereocenters. The maximum Gasteiger partial charge on any atom is 0.268 e. The molecule has 0 saturated carbocycles. The molecule has 2 unspecified atom stereocenters. The molecule has 174 valence electrons. The van der Waals surface area contributed by atoms with E-state index in [9.17, 15) is 22.8 Å². The molecule has 11 heteroatoms. The van der Waals surface area contributed by atoms with E-state index < -0.39 is 38.3 Å². The van der Waals surface area contributed by atoms with Gasteiger partial charge >= 0.3 is 0 Å². The fourth-order valence-corrected chi connectivity index (χ4v) is 6.07. The third-order valence-electron chi connectivity index (χ3n) is 5.45. The number of amides is 1. The van der Waals surface area contributed by atoms with Gasteiger partial charge in [-0.05, 0) is 56.7 Å². The van der Waals surface area contributed by atoms with Crippen LogP contribution >= 0.6 is 11.6 Å². The summed E-state index contributed by atoms with van der Waals surface area (Å²) in [6.07, 6.45) is 0.0668. The molecule has 1 saturated heterocycles. The van der Waals surface area contributed by atoms with Gasteiger partial charge in [-0.15, -0.1) is 0 Å². The summed E-state index contributed by atoms with van der Waals surface area (Å²) >= 11 is 5.98. The summed E-state index contributed by atoms with van der Waals surface area (Å²) in [7, 11) is -3.97. The summed E-state index contributed by atoms with van der Waals surface area (Å²) in [5, 5.41) is 8.44. The number of carbonyl (C=O) groups excluding carboxylic acids is 1. The predicted molar refractivity (Wildman–Crippen MR) is 114 cm³/mol. The Kier molecular flexibility index (Phi) is 7.11. The molecule has 1 aliphatic rings. The van der Waals surface area contributed by atoms with Crippen LogP contribution in [-0.2, 0) is 26.0 Å². The first-order chi connectivity index (χ1) is 14.9. The zero-order chi connectivity index (χ0) is 23.7. The van der Waals surface area contributed by atoms with Crippen LogP contribution in [0.1, 0.15) is 25.8 Å². The number of ether oxygens (including phenoxy) is 2. The summed E-state index contributed by atoms with van der Waals surface area (Å²) in [4.78, 5) is 12.5. The van der Waals surface area contributed by atoms with Crippen molar-refractivity contribution in [2.45, 2.75) is 42.6 Å². The maximum atomic E-state index is 13.3. The normalized spacial score (nSPS) is 20.6. The van der Waals surface area contributed by atoms with Crippen molar-refractivity contribution in [1.82, 2.24) is 5.17 Å². The molecule has 32 heavy (non-hydrogen) atoms. The molecular formula is C21H24ClFN2O6S. The van der Waals surface area contributed by atoms with Crippen LogP contribution in [0.4, 0.5) is 4.39 Å². The maximum absolute atomic E-state index is 13.3. The Labute approximate surface area is 190 Å². The van der Waals surface area contributed by atoms with E-state index in [0.717, 1.165) is 0 Å². The molecular weight excluding hydrogens is 463 g/mol. The van der Waals surface area contributed by atoms with Crippen LogP contribution in [0.15, 0.2) is 47.4 Å². The highest BCUT2D eigenvalue weighted by Gasteiger charge is 2.51. The molecule has 1 fully saturated rings. The van der Waals surface area contributed by atoms with Gasteiger partial charge in [-0.25, -0.2) is 18.7 Å². The van der Waals surface area contributed by atoms with Gasteiger partial charge in [0.1, 0.15) is 18.2 Å². The zero-order valence-electron chi connectivity index (χ0n) is 17.5. The van der Waals surface area contributed by atoms with E-state index in [1.807, 2.05) is 0 Å². The van der Waals surface area contributed by atoms with Gasteiger partial charge in [-0.1, -0.05) is 17.7 Å². The number of rotatable bonds is 6. The van der Waals surface area contributed by atoms with E-state index in [1.165, 1.54) is 42.5 Å². The summed E-state index contributed by atoms with van der Waals surface area (Å²) < 4.78 is 51.0. The van der Waals surface area contributed by atoms with Crippen LogP contribution in [0, 0.1) is 11.7 Å². The van der Waals surface area contributed by atoms with Crippen LogP contribution in [0.25, 0.3) is 0 Å². The minimum Gasteiger partial charge on any atom is -0.489 e. The van der Waals surface area contributed by atoms with Crippen LogP contribution in [-0.4, -0.2) is 42.2 Å². The lowest BCUT2D eigenvalue weighted by Crippen LogP contribution is -2.57. The highest BCUT2D eigenvalue weighted by atomic mass is 35.5. The monoisotopic (exact) mass is 486 g/mol. The van der Waals surface area contributed by atoms with Crippen molar-refractivity contribution in [2.24, 2.45) is 11.8 Å². The second-order valence-corrected chi connectivity index (χ2v) is 10.6. The minimum atomic E-state index is -3.97. The number of nitrogens with zero attached hydrogens (tertiary/aromatic N) is 1. The highest BCUT2D eigenvalue weighted by molar-refractivity contribution is 7.92. The molecule has 8 nitrogen and oxygen atoms in total. The molecule has 2 aromatic carbocycles. The van der Waals surface area contributed by atoms with Crippen molar-refractivity contribution in [3.8, 4) is 5.75 Å². The largest absolute Gasteiger partial charge is 0.489 e. The molecule has 2 aromatic rings. The van der Waals surface area contributed by atoms with Crippen LogP contribution in [0.2, 0.25) is 5.02 Å². The van der Waals surface area contributed by atoms with Gasteiger partial charge in [-0.2, -0.15) is 5.17 Å². The number of nitrogens with two attached hydrogens (primary N) is 1. The first-order valence-electron chi connectivity index (χ1n) is 9.75. The second-order valence-electron chi connectivity index (χ2n) is 7.98. The number of hydrogen-bond acceptors (Lipinski definition) is 7. The number of hydroxylamine groups is 1.